The molecular weight excluding hydrogens is 294 g/mol. The van der Waals surface area contributed by atoms with Crippen molar-refractivity contribution in [1.82, 2.24) is 0 Å². The zero-order valence-corrected chi connectivity index (χ0v) is 14.0. The summed E-state index contributed by atoms with van der Waals surface area (Å²) in [5.74, 6) is 1.52. The quantitative estimate of drug-likeness (QED) is 0.773. The molecule has 3 nitrogen and oxygen atoms in total. The van der Waals surface area contributed by atoms with E-state index in [4.69, 9.17) is 0 Å². The molecule has 0 saturated heterocycles. The molecule has 0 fully saturated rings. The average Bonchev–Trinajstić information content (AvgIpc) is 2.47. The molecule has 0 bridgehead atoms. The fourth-order valence-corrected chi connectivity index (χ4v) is 3.75. The second kappa shape index (κ2) is 8.18. The molecule has 0 amide bonds. The molecule has 1 N–H and O–H groups in total. The van der Waals surface area contributed by atoms with Gasteiger partial charge in [0.1, 0.15) is 5.76 Å². The molecule has 0 aromatic heterocycles. The van der Waals surface area contributed by atoms with Crippen LogP contribution in [0.1, 0.15) is 33.1 Å². The van der Waals surface area contributed by atoms with Gasteiger partial charge in [-0.2, -0.15) is 11.8 Å². The summed E-state index contributed by atoms with van der Waals surface area (Å²) in [5, 5.41) is 10.7. The van der Waals surface area contributed by atoms with Crippen LogP contribution in [0.2, 0.25) is 0 Å². The van der Waals surface area contributed by atoms with E-state index in [9.17, 15) is 9.90 Å². The zero-order valence-electron chi connectivity index (χ0n) is 13.2. The van der Waals surface area contributed by atoms with Crippen molar-refractivity contribution in [2.75, 3.05) is 5.75 Å². The Morgan fingerprint density at radius 1 is 1.36 bits per heavy atom. The van der Waals surface area contributed by atoms with Crippen LogP contribution in [0.5, 0.6) is 0 Å². The van der Waals surface area contributed by atoms with Gasteiger partial charge in [0.25, 0.3) is 0 Å². The minimum atomic E-state index is 0.00197. The first-order chi connectivity index (χ1) is 10.6. The van der Waals surface area contributed by atoms with Crippen molar-refractivity contribution in [3.05, 3.63) is 41.7 Å². The normalized spacial score (nSPS) is 20.6. The van der Waals surface area contributed by atoms with Crippen LogP contribution in [0.3, 0.4) is 0 Å². The highest BCUT2D eigenvalue weighted by Gasteiger charge is 2.27. The van der Waals surface area contributed by atoms with Gasteiger partial charge in [-0.3, -0.25) is 9.79 Å². The van der Waals surface area contributed by atoms with Gasteiger partial charge in [-0.1, -0.05) is 32.0 Å². The molecule has 118 valence electrons. The lowest BCUT2D eigenvalue weighted by molar-refractivity contribution is -0.116. The van der Waals surface area contributed by atoms with Crippen molar-refractivity contribution < 1.29 is 9.90 Å². The van der Waals surface area contributed by atoms with Crippen LogP contribution >= 0.6 is 11.8 Å². The number of benzene rings is 1. The number of para-hydroxylation sites is 1. The first kappa shape index (κ1) is 16.8. The molecule has 0 heterocycles. The van der Waals surface area contributed by atoms with Crippen LogP contribution in [0.4, 0.5) is 5.69 Å². The molecule has 1 aromatic rings. The van der Waals surface area contributed by atoms with Crippen LogP contribution in [0.25, 0.3) is 0 Å². The minimum Gasteiger partial charge on any atom is -0.511 e. The van der Waals surface area contributed by atoms with Crippen LogP contribution < -0.4 is 0 Å². The number of carbonyl (C=O) groups is 1. The molecule has 0 aliphatic heterocycles. The Kier molecular flexibility index (Phi) is 6.25. The third-order valence-corrected chi connectivity index (χ3v) is 4.88. The van der Waals surface area contributed by atoms with E-state index in [1.165, 1.54) is 6.21 Å². The van der Waals surface area contributed by atoms with E-state index < -0.39 is 0 Å². The number of hydrogen-bond donors (Lipinski definition) is 1. The molecule has 1 aromatic carbocycles. The zero-order chi connectivity index (χ0) is 15.9. The number of Topliss-reactive ketones (excluding diaryl/α,β-unsaturated/α-hetero) is 1. The predicted octanol–water partition coefficient (Wildman–Crippen LogP) is 4.71. The standard InChI is InChI=1S/C18H23NO2S/c1-3-22-13(2)9-14-10-17(20)16(18(21)11-14)12-19-15-7-5-4-6-8-15/h4-8,12-14,20H,3,9-11H2,1-2H3. The summed E-state index contributed by atoms with van der Waals surface area (Å²) >= 11 is 1.90. The largest absolute Gasteiger partial charge is 0.511 e. The van der Waals surface area contributed by atoms with Crippen LogP contribution in [-0.4, -0.2) is 28.1 Å². The average molecular weight is 317 g/mol. The van der Waals surface area contributed by atoms with Gasteiger partial charge in [0, 0.05) is 24.3 Å². The third-order valence-electron chi connectivity index (χ3n) is 3.78. The van der Waals surface area contributed by atoms with E-state index >= 15 is 0 Å². The lowest BCUT2D eigenvalue weighted by Crippen LogP contribution is -2.22. The molecule has 2 rings (SSSR count). The van der Waals surface area contributed by atoms with Gasteiger partial charge >= 0.3 is 0 Å². The smallest absolute Gasteiger partial charge is 0.168 e. The Hall–Kier alpha value is -1.55. The number of allylic oxidation sites excluding steroid dienone is 2. The van der Waals surface area contributed by atoms with Gasteiger partial charge in [-0.15, -0.1) is 0 Å². The third kappa shape index (κ3) is 4.73. The Bertz CT molecular complexity index is 566. The van der Waals surface area contributed by atoms with E-state index in [1.54, 1.807) is 0 Å². The lowest BCUT2D eigenvalue weighted by Gasteiger charge is -2.24. The second-order valence-corrected chi connectivity index (χ2v) is 7.37. The number of aliphatic imine (C=N–C) groups is 1. The molecule has 0 radical (unpaired) electrons. The number of rotatable bonds is 6. The van der Waals surface area contributed by atoms with Crippen molar-refractivity contribution in [2.45, 2.75) is 38.4 Å². The lowest BCUT2D eigenvalue weighted by atomic mass is 9.85. The summed E-state index contributed by atoms with van der Waals surface area (Å²) in [6.07, 6.45) is 3.57. The second-order valence-electron chi connectivity index (χ2n) is 5.65. The van der Waals surface area contributed by atoms with E-state index in [2.05, 4.69) is 18.8 Å². The van der Waals surface area contributed by atoms with Gasteiger partial charge in [-0.25, -0.2) is 0 Å². The number of carbonyl (C=O) groups excluding carboxylic acids is 1. The minimum absolute atomic E-state index is 0.00197. The van der Waals surface area contributed by atoms with Gasteiger partial charge in [0.15, 0.2) is 5.78 Å². The summed E-state index contributed by atoms with van der Waals surface area (Å²) in [4.78, 5) is 16.5. The molecule has 0 saturated carbocycles. The maximum Gasteiger partial charge on any atom is 0.168 e. The maximum absolute atomic E-state index is 12.3. The highest BCUT2D eigenvalue weighted by Crippen LogP contribution is 2.31. The van der Waals surface area contributed by atoms with Gasteiger partial charge in [0.05, 0.1) is 11.3 Å². The SMILES string of the molecule is CCSC(C)CC1CC(=O)C(C=Nc2ccccc2)=C(O)C1. The molecule has 2 unspecified atom stereocenters. The van der Waals surface area contributed by atoms with Crippen molar-refractivity contribution in [2.24, 2.45) is 10.9 Å². The maximum atomic E-state index is 12.3. The fourth-order valence-electron chi connectivity index (χ4n) is 2.78. The van der Waals surface area contributed by atoms with Crippen molar-refractivity contribution in [1.29, 1.82) is 0 Å². The van der Waals surface area contributed by atoms with Gasteiger partial charge in [0.2, 0.25) is 0 Å². The van der Waals surface area contributed by atoms with Gasteiger partial charge in [-0.05, 0) is 30.2 Å². The Balaban J connectivity index is 2.03. The summed E-state index contributed by atoms with van der Waals surface area (Å²) in [7, 11) is 0. The Morgan fingerprint density at radius 2 is 2.09 bits per heavy atom. The Morgan fingerprint density at radius 3 is 2.73 bits per heavy atom. The first-order valence-electron chi connectivity index (χ1n) is 7.76. The molecule has 1 aliphatic rings. The summed E-state index contributed by atoms with van der Waals surface area (Å²) in [6.45, 7) is 4.33. The number of aliphatic hydroxyl groups excluding tert-OH is 1. The van der Waals surface area contributed by atoms with E-state index in [0.29, 0.717) is 23.7 Å². The van der Waals surface area contributed by atoms with Crippen LogP contribution in [-0.2, 0) is 4.79 Å². The highest BCUT2D eigenvalue weighted by molar-refractivity contribution is 7.99. The van der Waals surface area contributed by atoms with E-state index in [1.807, 2.05) is 42.1 Å². The van der Waals surface area contributed by atoms with Crippen molar-refractivity contribution in [3.63, 3.8) is 0 Å². The van der Waals surface area contributed by atoms with Gasteiger partial charge < -0.3 is 5.11 Å². The van der Waals surface area contributed by atoms with Crippen LogP contribution in [0.15, 0.2) is 46.7 Å². The molecule has 0 spiro atoms. The molecule has 1 aliphatic carbocycles. The molecule has 22 heavy (non-hydrogen) atoms. The monoisotopic (exact) mass is 317 g/mol. The summed E-state index contributed by atoms with van der Waals surface area (Å²) in [6, 6.07) is 9.45. The predicted molar refractivity (Wildman–Crippen MR) is 94.2 cm³/mol. The van der Waals surface area contributed by atoms with Crippen molar-refractivity contribution in [3.8, 4) is 0 Å². The summed E-state index contributed by atoms with van der Waals surface area (Å²) < 4.78 is 0. The highest BCUT2D eigenvalue weighted by atomic mass is 32.2. The number of aliphatic hydroxyl groups is 1. The molecule has 4 heteroatoms. The summed E-state index contributed by atoms with van der Waals surface area (Å²) in [5.41, 5.74) is 1.15. The number of thioether (sulfide) groups is 1. The number of nitrogens with zero attached hydrogens (tertiary/aromatic N) is 1. The fraction of sp³-hybridized carbons (Fsp3) is 0.444. The molecule has 2 atom stereocenters. The van der Waals surface area contributed by atoms with Crippen LogP contribution in [0, 0.1) is 5.92 Å². The number of ketones is 1. The topological polar surface area (TPSA) is 49.7 Å². The van der Waals surface area contributed by atoms with Crippen molar-refractivity contribution >= 4 is 29.4 Å². The first-order valence-corrected chi connectivity index (χ1v) is 8.81. The molecular formula is C18H23NO2S. The van der Waals surface area contributed by atoms with E-state index in [0.717, 1.165) is 17.9 Å². The Labute approximate surface area is 136 Å². The van der Waals surface area contributed by atoms with E-state index in [-0.39, 0.29) is 17.5 Å². The number of hydrogen-bond acceptors (Lipinski definition) is 4.